The molecule has 0 radical (unpaired) electrons. The molecule has 0 bridgehead atoms. The fourth-order valence-electron chi connectivity index (χ4n) is 1.32. The Bertz CT molecular complexity index is 327. The second-order valence-corrected chi connectivity index (χ2v) is 4.35. The first-order valence-electron chi connectivity index (χ1n) is 4.74. The molecule has 4 N–H and O–H groups in total. The molecule has 0 aliphatic rings. The molecule has 1 heterocycles. The molecule has 1 aromatic rings. The lowest BCUT2D eigenvalue weighted by atomic mass is 10.3. The monoisotopic (exact) mass is 231 g/mol. The Hall–Kier alpha value is -0.560. The summed E-state index contributed by atoms with van der Waals surface area (Å²) < 4.78 is 1.76. The van der Waals surface area contributed by atoms with Crippen molar-refractivity contribution in [1.29, 1.82) is 0 Å². The van der Waals surface area contributed by atoms with E-state index in [0.29, 0.717) is 12.3 Å². The molecule has 0 amide bonds. The second-order valence-electron chi connectivity index (χ2n) is 3.34. The van der Waals surface area contributed by atoms with Crippen molar-refractivity contribution in [3.05, 3.63) is 11.3 Å². The molecule has 0 aromatic carbocycles. The van der Waals surface area contributed by atoms with Gasteiger partial charge in [0, 0.05) is 24.9 Å². The summed E-state index contributed by atoms with van der Waals surface area (Å²) in [4.78, 5) is 0. The highest BCUT2D eigenvalue weighted by Crippen LogP contribution is 2.24. The molecule has 0 aliphatic carbocycles. The summed E-state index contributed by atoms with van der Waals surface area (Å²) in [5.41, 5.74) is 7.55. The van der Waals surface area contributed by atoms with Crippen molar-refractivity contribution >= 4 is 11.8 Å². The first-order valence-corrected chi connectivity index (χ1v) is 5.73. The Morgan fingerprint density at radius 1 is 1.60 bits per heavy atom. The van der Waals surface area contributed by atoms with Gasteiger partial charge in [-0.2, -0.15) is 5.10 Å². The summed E-state index contributed by atoms with van der Waals surface area (Å²) in [5.74, 6) is 0.447. The minimum Gasteiger partial charge on any atom is -0.394 e. The Balaban J connectivity index is 2.75. The number of aliphatic hydroxyl groups is 2. The molecule has 5 nitrogen and oxygen atoms in total. The van der Waals surface area contributed by atoms with Crippen LogP contribution in [0.15, 0.2) is 5.03 Å². The van der Waals surface area contributed by atoms with E-state index in [-0.39, 0.29) is 6.61 Å². The molecule has 0 saturated heterocycles. The Kier molecular flexibility index (Phi) is 4.59. The zero-order valence-electron chi connectivity index (χ0n) is 8.97. The van der Waals surface area contributed by atoms with Crippen LogP contribution in [0, 0.1) is 6.92 Å². The van der Waals surface area contributed by atoms with Crippen LogP contribution >= 0.6 is 11.8 Å². The smallest absolute Gasteiger partial charge is 0.0985 e. The van der Waals surface area contributed by atoms with E-state index in [4.69, 9.17) is 10.8 Å². The highest BCUT2D eigenvalue weighted by atomic mass is 32.2. The van der Waals surface area contributed by atoms with E-state index in [1.54, 1.807) is 4.68 Å². The lowest BCUT2D eigenvalue weighted by Gasteiger charge is -2.08. The molecule has 1 aromatic heterocycles. The van der Waals surface area contributed by atoms with Crippen LogP contribution in [0.5, 0.6) is 0 Å². The van der Waals surface area contributed by atoms with E-state index < -0.39 is 6.10 Å². The van der Waals surface area contributed by atoms with Crippen LogP contribution in [0.2, 0.25) is 0 Å². The predicted octanol–water partition coefficient (Wildman–Crippen LogP) is -0.367. The third kappa shape index (κ3) is 2.94. The number of nitrogens with two attached hydrogens (primary N) is 1. The first-order chi connectivity index (χ1) is 7.10. The summed E-state index contributed by atoms with van der Waals surface area (Å²) >= 11 is 1.46. The van der Waals surface area contributed by atoms with Gasteiger partial charge in [-0.15, -0.1) is 11.8 Å². The number of aliphatic hydroxyl groups excluding tert-OH is 2. The van der Waals surface area contributed by atoms with Crippen molar-refractivity contribution < 1.29 is 10.2 Å². The van der Waals surface area contributed by atoms with Gasteiger partial charge in [0.15, 0.2) is 0 Å². The minimum absolute atomic E-state index is 0.220. The lowest BCUT2D eigenvalue weighted by molar-refractivity contribution is 0.113. The standard InChI is InChI=1S/C9H17N3O2S/c1-6-8(3-10)9(12(2)11-6)15-5-7(14)4-13/h7,13-14H,3-5,10H2,1-2H3. The molecule has 1 atom stereocenters. The highest BCUT2D eigenvalue weighted by molar-refractivity contribution is 7.99. The van der Waals surface area contributed by atoms with Gasteiger partial charge >= 0.3 is 0 Å². The molecule has 15 heavy (non-hydrogen) atoms. The number of nitrogens with zero attached hydrogens (tertiary/aromatic N) is 2. The summed E-state index contributed by atoms with van der Waals surface area (Å²) in [5, 5.41) is 23.2. The van der Waals surface area contributed by atoms with E-state index >= 15 is 0 Å². The van der Waals surface area contributed by atoms with Crippen LogP contribution in [-0.2, 0) is 13.6 Å². The third-order valence-corrected chi connectivity index (χ3v) is 3.45. The number of thioether (sulfide) groups is 1. The van der Waals surface area contributed by atoms with Crippen LogP contribution in [0.1, 0.15) is 11.3 Å². The van der Waals surface area contributed by atoms with Crippen LogP contribution in [0.25, 0.3) is 0 Å². The van der Waals surface area contributed by atoms with Crippen molar-refractivity contribution in [2.75, 3.05) is 12.4 Å². The maximum absolute atomic E-state index is 9.25. The molecule has 0 aliphatic heterocycles. The molecule has 1 unspecified atom stereocenters. The fourth-order valence-corrected chi connectivity index (χ4v) is 2.41. The summed E-state index contributed by atoms with van der Waals surface area (Å²) in [6.07, 6.45) is -0.698. The van der Waals surface area contributed by atoms with Crippen molar-refractivity contribution in [1.82, 2.24) is 9.78 Å². The summed E-state index contributed by atoms with van der Waals surface area (Å²) in [6, 6.07) is 0. The molecular formula is C9H17N3O2S. The largest absolute Gasteiger partial charge is 0.394 e. The zero-order valence-corrected chi connectivity index (χ0v) is 9.79. The van der Waals surface area contributed by atoms with Crippen LogP contribution in [0.4, 0.5) is 0 Å². The Labute approximate surface area is 93.3 Å². The predicted molar refractivity (Wildman–Crippen MR) is 59.7 cm³/mol. The maximum atomic E-state index is 9.25. The minimum atomic E-state index is -0.698. The van der Waals surface area contributed by atoms with E-state index in [2.05, 4.69) is 5.10 Å². The molecule has 0 spiro atoms. The van der Waals surface area contributed by atoms with Crippen molar-refractivity contribution in [2.24, 2.45) is 12.8 Å². The number of aromatic nitrogens is 2. The van der Waals surface area contributed by atoms with E-state index in [9.17, 15) is 5.11 Å². The van der Waals surface area contributed by atoms with Gasteiger partial charge in [0.1, 0.15) is 0 Å². The summed E-state index contributed by atoms with van der Waals surface area (Å²) in [7, 11) is 1.85. The van der Waals surface area contributed by atoms with Gasteiger partial charge in [-0.1, -0.05) is 0 Å². The second kappa shape index (κ2) is 5.50. The maximum Gasteiger partial charge on any atom is 0.0985 e. The van der Waals surface area contributed by atoms with Gasteiger partial charge in [-0.3, -0.25) is 4.68 Å². The number of hydrogen-bond donors (Lipinski definition) is 3. The van der Waals surface area contributed by atoms with Crippen LogP contribution in [0.3, 0.4) is 0 Å². The van der Waals surface area contributed by atoms with Gasteiger partial charge in [-0.25, -0.2) is 0 Å². The topological polar surface area (TPSA) is 84.3 Å². The SMILES string of the molecule is Cc1nn(C)c(SCC(O)CO)c1CN. The number of aryl methyl sites for hydroxylation is 2. The normalized spacial score (nSPS) is 13.1. The molecular weight excluding hydrogens is 214 g/mol. The lowest BCUT2D eigenvalue weighted by Crippen LogP contribution is -2.15. The molecule has 1 rings (SSSR count). The van der Waals surface area contributed by atoms with Crippen LogP contribution < -0.4 is 5.73 Å². The Morgan fingerprint density at radius 2 is 2.27 bits per heavy atom. The molecule has 86 valence electrons. The third-order valence-electron chi connectivity index (χ3n) is 2.12. The van der Waals surface area contributed by atoms with Gasteiger partial charge in [0.25, 0.3) is 0 Å². The molecule has 0 saturated carbocycles. The van der Waals surface area contributed by atoms with Crippen molar-refractivity contribution in [3.63, 3.8) is 0 Å². The highest BCUT2D eigenvalue weighted by Gasteiger charge is 2.13. The van der Waals surface area contributed by atoms with Gasteiger partial charge < -0.3 is 15.9 Å². The number of hydrogen-bond acceptors (Lipinski definition) is 5. The quantitative estimate of drug-likeness (QED) is 0.602. The van der Waals surface area contributed by atoms with Crippen LogP contribution in [-0.4, -0.2) is 38.5 Å². The van der Waals surface area contributed by atoms with Crippen molar-refractivity contribution in [3.8, 4) is 0 Å². The van der Waals surface area contributed by atoms with Gasteiger partial charge in [0.2, 0.25) is 0 Å². The zero-order chi connectivity index (χ0) is 11.4. The summed E-state index contributed by atoms with van der Waals surface area (Å²) in [6.45, 7) is 2.13. The average molecular weight is 231 g/mol. The van der Waals surface area contributed by atoms with E-state index in [1.165, 1.54) is 11.8 Å². The van der Waals surface area contributed by atoms with E-state index in [0.717, 1.165) is 16.3 Å². The Morgan fingerprint density at radius 3 is 2.80 bits per heavy atom. The fraction of sp³-hybridized carbons (Fsp3) is 0.667. The molecule has 0 fully saturated rings. The average Bonchev–Trinajstić information content (AvgIpc) is 2.49. The number of rotatable bonds is 5. The van der Waals surface area contributed by atoms with E-state index in [1.807, 2.05) is 14.0 Å². The van der Waals surface area contributed by atoms with Gasteiger partial charge in [-0.05, 0) is 6.92 Å². The van der Waals surface area contributed by atoms with Gasteiger partial charge in [0.05, 0.1) is 23.4 Å². The first kappa shape index (κ1) is 12.5. The van der Waals surface area contributed by atoms with Crippen molar-refractivity contribution in [2.45, 2.75) is 24.6 Å². The molecule has 6 heteroatoms.